The van der Waals surface area contributed by atoms with Crippen molar-refractivity contribution in [1.82, 2.24) is 0 Å². The number of aliphatic carboxylic acids is 1. The van der Waals surface area contributed by atoms with E-state index in [9.17, 15) is 23.1 Å². The lowest BCUT2D eigenvalue weighted by molar-refractivity contribution is -0.138. The molecule has 0 radical (unpaired) electrons. The van der Waals surface area contributed by atoms with Gasteiger partial charge in [0.2, 0.25) is 0 Å². The van der Waals surface area contributed by atoms with Gasteiger partial charge >= 0.3 is 12.1 Å². The van der Waals surface area contributed by atoms with Crippen molar-refractivity contribution in [2.45, 2.75) is 6.18 Å². The van der Waals surface area contributed by atoms with Crippen molar-refractivity contribution in [3.63, 3.8) is 0 Å². The molecule has 86 valence electrons. The number of rotatable bonds is 2. The molecular formula is C10H7F3O3. The number of para-hydroxylation sites is 1. The number of carboxylic acid groups (broad SMARTS) is 1. The van der Waals surface area contributed by atoms with Gasteiger partial charge in [-0.25, -0.2) is 4.79 Å². The molecule has 0 amide bonds. The molecule has 3 nitrogen and oxygen atoms in total. The first-order valence-corrected chi connectivity index (χ1v) is 4.12. The van der Waals surface area contributed by atoms with Crippen LogP contribution in [-0.4, -0.2) is 16.2 Å². The molecule has 0 heterocycles. The molecule has 1 rings (SSSR count). The monoisotopic (exact) mass is 232 g/mol. The number of alkyl halides is 3. The number of aromatic hydroxyl groups is 1. The lowest BCUT2D eigenvalue weighted by Gasteiger charge is -2.10. The van der Waals surface area contributed by atoms with E-state index < -0.39 is 23.5 Å². The normalized spacial score (nSPS) is 11.9. The Kier molecular flexibility index (Phi) is 3.22. The number of hydrogen-bond acceptors (Lipinski definition) is 2. The minimum absolute atomic E-state index is 0.197. The predicted molar refractivity (Wildman–Crippen MR) is 49.8 cm³/mol. The summed E-state index contributed by atoms with van der Waals surface area (Å²) in [4.78, 5) is 10.2. The van der Waals surface area contributed by atoms with E-state index in [1.54, 1.807) is 0 Å². The second-order valence-electron chi connectivity index (χ2n) is 2.91. The van der Waals surface area contributed by atoms with E-state index in [0.717, 1.165) is 12.1 Å². The second-order valence-corrected chi connectivity index (χ2v) is 2.91. The van der Waals surface area contributed by atoms with Crippen LogP contribution in [0.2, 0.25) is 0 Å². The van der Waals surface area contributed by atoms with Crippen molar-refractivity contribution >= 4 is 12.0 Å². The molecule has 1 aromatic carbocycles. The van der Waals surface area contributed by atoms with Crippen LogP contribution < -0.4 is 0 Å². The van der Waals surface area contributed by atoms with Gasteiger partial charge in [0, 0.05) is 11.6 Å². The molecule has 0 aliphatic carbocycles. The average molecular weight is 232 g/mol. The number of carboxylic acids is 1. The van der Waals surface area contributed by atoms with E-state index in [-0.39, 0.29) is 5.56 Å². The van der Waals surface area contributed by atoms with Gasteiger partial charge < -0.3 is 10.2 Å². The Morgan fingerprint density at radius 2 is 1.94 bits per heavy atom. The Balaban J connectivity index is 3.19. The minimum Gasteiger partial charge on any atom is -0.507 e. The topological polar surface area (TPSA) is 57.5 Å². The largest absolute Gasteiger partial charge is 0.507 e. The van der Waals surface area contributed by atoms with E-state index in [1.165, 1.54) is 6.07 Å². The molecule has 0 fully saturated rings. The SMILES string of the molecule is O=C(O)C=Cc1cccc(C(F)(F)F)c1O. The molecule has 6 heteroatoms. The van der Waals surface area contributed by atoms with Gasteiger partial charge in [-0.15, -0.1) is 0 Å². The second kappa shape index (κ2) is 4.26. The van der Waals surface area contributed by atoms with Crippen molar-refractivity contribution in [3.05, 3.63) is 35.4 Å². The first-order chi connectivity index (χ1) is 7.32. The lowest BCUT2D eigenvalue weighted by atomic mass is 10.1. The fraction of sp³-hybridized carbons (Fsp3) is 0.100. The number of phenolic OH excluding ortho intramolecular Hbond substituents is 1. The van der Waals surface area contributed by atoms with Gasteiger partial charge in [0.1, 0.15) is 5.75 Å². The Hall–Kier alpha value is -1.98. The molecule has 1 aromatic rings. The summed E-state index contributed by atoms with van der Waals surface area (Å²) in [5.74, 6) is -2.29. The van der Waals surface area contributed by atoms with Crippen LogP contribution in [0.3, 0.4) is 0 Å². The smallest absolute Gasteiger partial charge is 0.419 e. The molecule has 0 unspecified atom stereocenters. The van der Waals surface area contributed by atoms with Gasteiger partial charge in [0.15, 0.2) is 0 Å². The molecule has 0 saturated carbocycles. The predicted octanol–water partition coefficient (Wildman–Crippen LogP) is 2.51. The van der Waals surface area contributed by atoms with Crippen LogP contribution >= 0.6 is 0 Å². The molecular weight excluding hydrogens is 225 g/mol. The average Bonchev–Trinajstić information content (AvgIpc) is 2.14. The van der Waals surface area contributed by atoms with E-state index in [4.69, 9.17) is 5.11 Å². The third-order valence-electron chi connectivity index (χ3n) is 1.78. The summed E-state index contributed by atoms with van der Waals surface area (Å²) in [6.45, 7) is 0. The van der Waals surface area contributed by atoms with Crippen molar-refractivity contribution in [1.29, 1.82) is 0 Å². The summed E-state index contributed by atoms with van der Waals surface area (Å²) >= 11 is 0. The molecule has 0 spiro atoms. The minimum atomic E-state index is -4.67. The van der Waals surface area contributed by atoms with Crippen LogP contribution in [0.4, 0.5) is 13.2 Å². The Morgan fingerprint density at radius 1 is 1.31 bits per heavy atom. The zero-order valence-electron chi connectivity index (χ0n) is 7.82. The Labute approximate surface area is 88.4 Å². The zero-order chi connectivity index (χ0) is 12.3. The maximum Gasteiger partial charge on any atom is 0.419 e. The molecule has 0 saturated heterocycles. The highest BCUT2D eigenvalue weighted by Gasteiger charge is 2.34. The Morgan fingerprint density at radius 3 is 2.44 bits per heavy atom. The summed E-state index contributed by atoms with van der Waals surface area (Å²) in [5.41, 5.74) is -1.39. The molecule has 0 atom stereocenters. The van der Waals surface area contributed by atoms with Crippen LogP contribution in [0.5, 0.6) is 5.75 Å². The van der Waals surface area contributed by atoms with Crippen LogP contribution in [0.15, 0.2) is 24.3 Å². The molecule has 16 heavy (non-hydrogen) atoms. The summed E-state index contributed by atoms with van der Waals surface area (Å²) in [7, 11) is 0. The summed E-state index contributed by atoms with van der Waals surface area (Å²) < 4.78 is 37.0. The van der Waals surface area contributed by atoms with Gasteiger partial charge in [-0.2, -0.15) is 13.2 Å². The quantitative estimate of drug-likeness (QED) is 0.770. The van der Waals surface area contributed by atoms with Crippen molar-refractivity contribution < 1.29 is 28.2 Å². The first kappa shape index (κ1) is 12.1. The number of benzene rings is 1. The summed E-state index contributed by atoms with van der Waals surface area (Å²) in [5, 5.41) is 17.6. The highest BCUT2D eigenvalue weighted by atomic mass is 19.4. The number of hydrogen-bond donors (Lipinski definition) is 2. The van der Waals surface area contributed by atoms with Crippen molar-refractivity contribution in [2.75, 3.05) is 0 Å². The van der Waals surface area contributed by atoms with E-state index in [0.29, 0.717) is 12.1 Å². The van der Waals surface area contributed by atoms with Crippen LogP contribution in [-0.2, 0) is 11.0 Å². The molecule has 2 N–H and O–H groups in total. The maximum atomic E-state index is 12.3. The van der Waals surface area contributed by atoms with Crippen molar-refractivity contribution in [3.8, 4) is 5.75 Å². The van der Waals surface area contributed by atoms with Gasteiger partial charge in [0.25, 0.3) is 0 Å². The van der Waals surface area contributed by atoms with Gasteiger partial charge in [-0.3, -0.25) is 0 Å². The van der Waals surface area contributed by atoms with Crippen LogP contribution in [0, 0.1) is 0 Å². The summed E-state index contributed by atoms with van der Waals surface area (Å²) in [6, 6.07) is 2.99. The zero-order valence-corrected chi connectivity index (χ0v) is 7.82. The third-order valence-corrected chi connectivity index (χ3v) is 1.78. The fourth-order valence-corrected chi connectivity index (χ4v) is 1.09. The lowest BCUT2D eigenvalue weighted by Crippen LogP contribution is -2.05. The molecule has 0 bridgehead atoms. The number of carbonyl (C=O) groups is 1. The van der Waals surface area contributed by atoms with Gasteiger partial charge in [-0.05, 0) is 12.1 Å². The molecule has 0 aromatic heterocycles. The standard InChI is InChI=1S/C10H7F3O3/c11-10(12,13)7-3-1-2-6(9(7)16)4-5-8(14)15/h1-5,16H,(H,14,15). The maximum absolute atomic E-state index is 12.3. The Bertz CT molecular complexity index is 435. The van der Waals surface area contributed by atoms with Gasteiger partial charge in [0.05, 0.1) is 5.56 Å². The highest BCUT2D eigenvalue weighted by Crippen LogP contribution is 2.37. The number of phenols is 1. The molecule has 0 aliphatic heterocycles. The van der Waals surface area contributed by atoms with E-state index >= 15 is 0 Å². The summed E-state index contributed by atoms with van der Waals surface area (Å²) in [6.07, 6.45) is -3.13. The van der Waals surface area contributed by atoms with Gasteiger partial charge in [-0.1, -0.05) is 12.1 Å². The number of halogens is 3. The van der Waals surface area contributed by atoms with Crippen LogP contribution in [0.25, 0.3) is 6.08 Å². The highest BCUT2D eigenvalue weighted by molar-refractivity contribution is 5.86. The third kappa shape index (κ3) is 2.75. The van der Waals surface area contributed by atoms with Crippen molar-refractivity contribution in [2.24, 2.45) is 0 Å². The fourth-order valence-electron chi connectivity index (χ4n) is 1.09. The van der Waals surface area contributed by atoms with E-state index in [2.05, 4.69) is 0 Å². The van der Waals surface area contributed by atoms with Crippen LogP contribution in [0.1, 0.15) is 11.1 Å². The molecule has 0 aliphatic rings. The van der Waals surface area contributed by atoms with E-state index in [1.807, 2.05) is 0 Å². The first-order valence-electron chi connectivity index (χ1n) is 4.12.